The first-order chi connectivity index (χ1) is 11.1. The van der Waals surface area contributed by atoms with Crippen LogP contribution in [-0.2, 0) is 9.59 Å². The highest BCUT2D eigenvalue weighted by Gasteiger charge is 2.39. The summed E-state index contributed by atoms with van der Waals surface area (Å²) >= 11 is 0. The second-order valence-corrected chi connectivity index (χ2v) is 6.63. The van der Waals surface area contributed by atoms with Crippen molar-refractivity contribution in [3.05, 3.63) is 42.0 Å². The van der Waals surface area contributed by atoms with Crippen LogP contribution >= 0.6 is 0 Å². The smallest absolute Gasteiger partial charge is 0.306 e. The van der Waals surface area contributed by atoms with Gasteiger partial charge in [-0.2, -0.15) is 0 Å². The zero-order valence-corrected chi connectivity index (χ0v) is 12.8. The molecule has 2 aromatic rings. The summed E-state index contributed by atoms with van der Waals surface area (Å²) in [6.45, 7) is 0.621. The Balaban J connectivity index is 1.67. The van der Waals surface area contributed by atoms with Crippen LogP contribution in [0.2, 0.25) is 0 Å². The van der Waals surface area contributed by atoms with E-state index in [0.717, 1.165) is 22.0 Å². The van der Waals surface area contributed by atoms with E-state index < -0.39 is 5.97 Å². The summed E-state index contributed by atoms with van der Waals surface area (Å²) in [5.41, 5.74) is 2.13. The molecule has 2 N–H and O–H groups in total. The Bertz CT molecular complexity index is 798. The summed E-state index contributed by atoms with van der Waals surface area (Å²) in [4.78, 5) is 24.1. The summed E-state index contributed by atoms with van der Waals surface area (Å²) in [6.07, 6.45) is 1.81. The van der Waals surface area contributed by atoms with Gasteiger partial charge in [-0.15, -0.1) is 0 Å². The average Bonchev–Trinajstić information content (AvgIpc) is 3.21. The summed E-state index contributed by atoms with van der Waals surface area (Å²) in [5.74, 6) is -1.20. The molecule has 118 valence electrons. The molecule has 0 bridgehead atoms. The van der Waals surface area contributed by atoms with Crippen molar-refractivity contribution in [2.75, 3.05) is 11.9 Å². The predicted molar refractivity (Wildman–Crippen MR) is 88.7 cm³/mol. The lowest BCUT2D eigenvalue weighted by molar-refractivity contribution is -0.141. The maximum Gasteiger partial charge on any atom is 0.306 e. The normalized spacial score (nSPS) is 26.0. The van der Waals surface area contributed by atoms with Crippen molar-refractivity contribution in [3.8, 4) is 0 Å². The van der Waals surface area contributed by atoms with Crippen molar-refractivity contribution in [2.24, 2.45) is 11.8 Å². The van der Waals surface area contributed by atoms with Gasteiger partial charge in [0, 0.05) is 18.2 Å². The maximum atomic E-state index is 13.0. The molecule has 23 heavy (non-hydrogen) atoms. The molecule has 3 unspecified atom stereocenters. The van der Waals surface area contributed by atoms with Crippen molar-refractivity contribution in [3.63, 3.8) is 0 Å². The molecule has 0 amide bonds. The van der Waals surface area contributed by atoms with Crippen LogP contribution in [-0.4, -0.2) is 23.4 Å². The number of fused-ring (bicyclic) bond motifs is 3. The Morgan fingerprint density at radius 3 is 2.61 bits per heavy atom. The van der Waals surface area contributed by atoms with Gasteiger partial charge < -0.3 is 10.4 Å². The van der Waals surface area contributed by atoms with Crippen LogP contribution in [0.1, 0.15) is 30.7 Å². The van der Waals surface area contributed by atoms with Crippen molar-refractivity contribution in [1.82, 2.24) is 0 Å². The van der Waals surface area contributed by atoms with E-state index in [4.69, 9.17) is 5.11 Å². The van der Waals surface area contributed by atoms with Gasteiger partial charge >= 0.3 is 5.97 Å². The van der Waals surface area contributed by atoms with Crippen LogP contribution in [0.3, 0.4) is 0 Å². The van der Waals surface area contributed by atoms with Gasteiger partial charge in [0.2, 0.25) is 0 Å². The monoisotopic (exact) mass is 309 g/mol. The van der Waals surface area contributed by atoms with Crippen molar-refractivity contribution >= 4 is 28.2 Å². The summed E-state index contributed by atoms with van der Waals surface area (Å²) in [5, 5.41) is 14.8. The number of carbonyl (C=O) groups excluding carboxylic acids is 1. The molecule has 4 nitrogen and oxygen atoms in total. The number of carboxylic acids is 1. The van der Waals surface area contributed by atoms with E-state index in [9.17, 15) is 9.59 Å². The predicted octanol–water partition coefficient (Wildman–Crippen LogP) is 3.42. The van der Waals surface area contributed by atoms with Crippen LogP contribution in [0.5, 0.6) is 0 Å². The molecule has 3 atom stereocenters. The highest BCUT2D eigenvalue weighted by molar-refractivity contribution is 6.00. The van der Waals surface area contributed by atoms with Gasteiger partial charge in [-0.1, -0.05) is 30.3 Å². The number of benzene rings is 2. The number of carbonyl (C=O) groups is 2. The summed E-state index contributed by atoms with van der Waals surface area (Å²) < 4.78 is 0. The molecular formula is C19H19NO3. The molecule has 0 saturated heterocycles. The number of anilines is 1. The average molecular weight is 309 g/mol. The molecule has 0 spiro atoms. The SMILES string of the molecule is O=C(O)C1CCC(C(=O)C2CNc3ccc4ccccc4c32)C1. The number of rotatable bonds is 3. The number of hydrogen-bond donors (Lipinski definition) is 2. The zero-order chi connectivity index (χ0) is 16.0. The molecule has 0 aromatic heterocycles. The Kier molecular flexibility index (Phi) is 3.33. The van der Waals surface area contributed by atoms with E-state index in [1.807, 2.05) is 18.2 Å². The van der Waals surface area contributed by atoms with E-state index in [2.05, 4.69) is 23.5 Å². The van der Waals surface area contributed by atoms with Crippen LogP contribution in [0, 0.1) is 11.8 Å². The largest absolute Gasteiger partial charge is 0.481 e. The first-order valence-corrected chi connectivity index (χ1v) is 8.17. The van der Waals surface area contributed by atoms with Gasteiger partial charge in [0.05, 0.1) is 11.8 Å². The Morgan fingerprint density at radius 2 is 1.83 bits per heavy atom. The van der Waals surface area contributed by atoms with Gasteiger partial charge in [0.15, 0.2) is 0 Å². The van der Waals surface area contributed by atoms with Gasteiger partial charge in [0.25, 0.3) is 0 Å². The number of carboxylic acid groups (broad SMARTS) is 1. The molecule has 2 aliphatic rings. The lowest BCUT2D eigenvalue weighted by Crippen LogP contribution is -2.22. The van der Waals surface area contributed by atoms with E-state index in [1.54, 1.807) is 0 Å². The van der Waals surface area contributed by atoms with Crippen LogP contribution in [0.25, 0.3) is 10.8 Å². The lowest BCUT2D eigenvalue weighted by atomic mass is 9.85. The number of hydrogen-bond acceptors (Lipinski definition) is 3. The van der Waals surface area contributed by atoms with Gasteiger partial charge in [-0.05, 0) is 41.7 Å². The zero-order valence-electron chi connectivity index (χ0n) is 12.8. The first-order valence-electron chi connectivity index (χ1n) is 8.17. The summed E-state index contributed by atoms with van der Waals surface area (Å²) in [7, 11) is 0. The fraction of sp³-hybridized carbons (Fsp3) is 0.368. The Hall–Kier alpha value is -2.36. The maximum absolute atomic E-state index is 13.0. The molecule has 1 aliphatic carbocycles. The number of ketones is 1. The van der Waals surface area contributed by atoms with E-state index >= 15 is 0 Å². The number of aliphatic carboxylic acids is 1. The topological polar surface area (TPSA) is 66.4 Å². The van der Waals surface area contributed by atoms with Gasteiger partial charge in [-0.3, -0.25) is 9.59 Å². The van der Waals surface area contributed by atoms with Gasteiger partial charge in [-0.25, -0.2) is 0 Å². The van der Waals surface area contributed by atoms with E-state index in [0.29, 0.717) is 25.8 Å². The number of nitrogens with one attached hydrogen (secondary N) is 1. The fourth-order valence-corrected chi connectivity index (χ4v) is 4.13. The third-order valence-corrected chi connectivity index (χ3v) is 5.34. The minimum absolute atomic E-state index is 0.118. The molecule has 1 fully saturated rings. The highest BCUT2D eigenvalue weighted by Crippen LogP contribution is 2.42. The standard InChI is InChI=1S/C19H19NO3/c21-18(12-5-6-13(9-12)19(22)23)15-10-20-16-8-7-11-3-1-2-4-14(11)17(15)16/h1-4,7-8,12-13,15,20H,5-6,9-10H2,(H,22,23). The van der Waals surface area contributed by atoms with Crippen molar-refractivity contribution in [2.45, 2.75) is 25.2 Å². The molecule has 0 radical (unpaired) electrons. The van der Waals surface area contributed by atoms with Crippen molar-refractivity contribution < 1.29 is 14.7 Å². The molecule has 1 aliphatic heterocycles. The van der Waals surface area contributed by atoms with Crippen molar-refractivity contribution in [1.29, 1.82) is 0 Å². The second-order valence-electron chi connectivity index (χ2n) is 6.63. The fourth-order valence-electron chi connectivity index (χ4n) is 4.13. The lowest BCUT2D eigenvalue weighted by Gasteiger charge is -2.16. The Morgan fingerprint density at radius 1 is 1.04 bits per heavy atom. The molecule has 2 aromatic carbocycles. The molecule has 4 rings (SSSR count). The molecule has 1 heterocycles. The summed E-state index contributed by atoms with van der Waals surface area (Å²) in [6, 6.07) is 12.2. The molecule has 1 saturated carbocycles. The van der Waals surface area contributed by atoms with Crippen LogP contribution in [0.15, 0.2) is 36.4 Å². The number of Topliss-reactive ketones (excluding diaryl/α,β-unsaturated/α-hetero) is 1. The molecule has 4 heteroatoms. The first kappa shape index (κ1) is 14.2. The Labute approximate surface area is 134 Å². The third-order valence-electron chi connectivity index (χ3n) is 5.34. The van der Waals surface area contributed by atoms with Gasteiger partial charge in [0.1, 0.15) is 5.78 Å². The highest BCUT2D eigenvalue weighted by atomic mass is 16.4. The van der Waals surface area contributed by atoms with Crippen LogP contribution in [0.4, 0.5) is 5.69 Å². The van der Waals surface area contributed by atoms with E-state index in [-0.39, 0.29) is 23.5 Å². The molecular weight excluding hydrogens is 290 g/mol. The van der Waals surface area contributed by atoms with E-state index in [1.165, 1.54) is 0 Å². The quantitative estimate of drug-likeness (QED) is 0.911. The third kappa shape index (κ3) is 2.29. The van der Waals surface area contributed by atoms with Crippen LogP contribution < -0.4 is 5.32 Å². The second kappa shape index (κ2) is 5.37. The minimum Gasteiger partial charge on any atom is -0.481 e. The minimum atomic E-state index is -0.768.